The molecular weight excluding hydrogens is 671 g/mol. The second-order valence-corrected chi connectivity index (χ2v) is 14.4. The summed E-state index contributed by atoms with van der Waals surface area (Å²) >= 11 is 0. The number of fused-ring (bicyclic) bond motifs is 8. The number of hydrogen-bond acceptors (Lipinski definition) is 3. The number of anilines is 3. The van der Waals surface area contributed by atoms with Crippen LogP contribution in [0.5, 0.6) is 5.75 Å². The predicted molar refractivity (Wildman–Crippen MR) is 225 cm³/mol. The van der Waals surface area contributed by atoms with Crippen LogP contribution in [-0.2, 0) is 0 Å². The first-order valence-corrected chi connectivity index (χ1v) is 18.9. The van der Waals surface area contributed by atoms with Gasteiger partial charge in [-0.1, -0.05) is 152 Å². The molecule has 1 aromatic heterocycles. The minimum absolute atomic E-state index is 0.0612. The molecule has 2 aliphatic rings. The summed E-state index contributed by atoms with van der Waals surface area (Å²) in [4.78, 5) is 2.33. The lowest BCUT2D eigenvalue weighted by molar-refractivity contribution is 0.223. The number of hydrogen-bond donors (Lipinski definition) is 0. The summed E-state index contributed by atoms with van der Waals surface area (Å²) in [6, 6.07) is 69.0. The minimum Gasteiger partial charge on any atom is -0.484 e. The van der Waals surface area contributed by atoms with Gasteiger partial charge in [-0.05, 0) is 81.4 Å². The van der Waals surface area contributed by atoms with E-state index in [1.165, 1.54) is 50.1 Å². The van der Waals surface area contributed by atoms with Gasteiger partial charge in [-0.2, -0.15) is 0 Å². The number of rotatable bonds is 6. The fourth-order valence-electron chi connectivity index (χ4n) is 8.65. The van der Waals surface area contributed by atoms with E-state index in [0.29, 0.717) is 0 Å². The Bertz CT molecular complexity index is 2810. The average Bonchev–Trinajstić information content (AvgIpc) is 3.83. The molecule has 9 aromatic rings. The lowest BCUT2D eigenvalue weighted by Gasteiger charge is -2.27. The first kappa shape index (κ1) is 31.4. The lowest BCUT2D eigenvalue weighted by atomic mass is 9.77. The zero-order valence-corrected chi connectivity index (χ0v) is 30.0. The van der Waals surface area contributed by atoms with Crippen molar-refractivity contribution in [3.05, 3.63) is 222 Å². The van der Waals surface area contributed by atoms with Crippen molar-refractivity contribution in [1.29, 1.82) is 0 Å². The molecule has 2 atom stereocenters. The minimum atomic E-state index is -0.116. The topological polar surface area (TPSA) is 25.6 Å². The summed E-state index contributed by atoms with van der Waals surface area (Å²) in [5, 5.41) is 2.29. The van der Waals surface area contributed by atoms with Crippen LogP contribution in [0.1, 0.15) is 34.3 Å². The van der Waals surface area contributed by atoms with E-state index in [9.17, 15) is 0 Å². The van der Waals surface area contributed by atoms with E-state index < -0.39 is 0 Å². The first-order chi connectivity index (χ1) is 27.3. The quantitative estimate of drug-likeness (QED) is 0.172. The molecule has 55 heavy (non-hydrogen) atoms. The predicted octanol–water partition coefficient (Wildman–Crippen LogP) is 14.1. The van der Waals surface area contributed by atoms with Crippen LogP contribution < -0.4 is 9.64 Å². The van der Waals surface area contributed by atoms with Gasteiger partial charge in [0.15, 0.2) is 0 Å². The molecule has 0 fully saturated rings. The van der Waals surface area contributed by atoms with Gasteiger partial charge in [0.25, 0.3) is 0 Å². The number of ether oxygens (including phenoxy) is 1. The van der Waals surface area contributed by atoms with Crippen molar-refractivity contribution in [3.63, 3.8) is 0 Å². The highest BCUT2D eigenvalue weighted by atomic mass is 16.5. The van der Waals surface area contributed by atoms with Crippen molar-refractivity contribution in [3.8, 4) is 28.0 Å². The number of benzene rings is 8. The van der Waals surface area contributed by atoms with Gasteiger partial charge in [0.1, 0.15) is 23.0 Å². The van der Waals surface area contributed by atoms with E-state index in [2.05, 4.69) is 199 Å². The largest absolute Gasteiger partial charge is 0.484 e. The van der Waals surface area contributed by atoms with Crippen molar-refractivity contribution in [2.45, 2.75) is 12.0 Å². The number of para-hydroxylation sites is 1. The van der Waals surface area contributed by atoms with Gasteiger partial charge >= 0.3 is 0 Å². The second-order valence-electron chi connectivity index (χ2n) is 14.4. The summed E-state index contributed by atoms with van der Waals surface area (Å²) < 4.78 is 13.3. The summed E-state index contributed by atoms with van der Waals surface area (Å²) in [6.45, 7) is 0. The van der Waals surface area contributed by atoms with E-state index in [4.69, 9.17) is 9.15 Å². The third kappa shape index (κ3) is 5.27. The van der Waals surface area contributed by atoms with Gasteiger partial charge in [-0.25, -0.2) is 0 Å². The highest BCUT2D eigenvalue weighted by molar-refractivity contribution is 6.12. The van der Waals surface area contributed by atoms with Crippen LogP contribution in [0.15, 0.2) is 205 Å². The van der Waals surface area contributed by atoms with Crippen molar-refractivity contribution in [1.82, 2.24) is 0 Å². The second kappa shape index (κ2) is 12.8. The highest BCUT2D eigenvalue weighted by Crippen LogP contribution is 2.55. The highest BCUT2D eigenvalue weighted by Gasteiger charge is 2.40. The molecule has 11 rings (SSSR count). The monoisotopic (exact) mass is 705 g/mol. The van der Waals surface area contributed by atoms with Gasteiger partial charge in [-0.3, -0.25) is 0 Å². The van der Waals surface area contributed by atoms with Crippen molar-refractivity contribution < 1.29 is 9.15 Å². The van der Waals surface area contributed by atoms with Gasteiger partial charge in [0.2, 0.25) is 0 Å². The molecule has 0 N–H and O–H groups in total. The van der Waals surface area contributed by atoms with Gasteiger partial charge in [-0.15, -0.1) is 0 Å². The molecule has 0 radical (unpaired) electrons. The lowest BCUT2D eigenvalue weighted by Crippen LogP contribution is -2.15. The fraction of sp³-hybridized carbons (Fsp3) is 0.0385. The maximum Gasteiger partial charge on any atom is 0.136 e. The zero-order chi connectivity index (χ0) is 36.3. The zero-order valence-electron chi connectivity index (χ0n) is 30.0. The normalized spacial score (nSPS) is 15.5. The van der Waals surface area contributed by atoms with E-state index in [0.717, 1.165) is 44.8 Å². The summed E-state index contributed by atoms with van der Waals surface area (Å²) in [5.74, 6) is 0.977. The molecule has 8 aromatic carbocycles. The third-order valence-corrected chi connectivity index (χ3v) is 11.3. The molecule has 1 aliphatic carbocycles. The van der Waals surface area contributed by atoms with E-state index in [-0.39, 0.29) is 12.0 Å². The van der Waals surface area contributed by atoms with Crippen LogP contribution in [0.25, 0.3) is 49.8 Å². The van der Waals surface area contributed by atoms with Crippen LogP contribution in [-0.4, -0.2) is 0 Å². The Morgan fingerprint density at radius 1 is 0.418 bits per heavy atom. The number of furan rings is 1. The molecule has 0 bridgehead atoms. The maximum atomic E-state index is 6.99. The van der Waals surface area contributed by atoms with Crippen LogP contribution in [0.3, 0.4) is 0 Å². The molecule has 0 spiro atoms. The van der Waals surface area contributed by atoms with Crippen molar-refractivity contribution in [2.75, 3.05) is 4.90 Å². The Morgan fingerprint density at radius 3 is 1.69 bits per heavy atom. The first-order valence-electron chi connectivity index (χ1n) is 18.9. The van der Waals surface area contributed by atoms with Gasteiger partial charge in [0, 0.05) is 50.9 Å². The molecular formula is C52H35NO2. The van der Waals surface area contributed by atoms with Gasteiger partial charge in [0.05, 0.1) is 0 Å². The Labute approximate surface area is 320 Å². The molecule has 2 heterocycles. The summed E-state index contributed by atoms with van der Waals surface area (Å²) in [7, 11) is 0. The van der Waals surface area contributed by atoms with E-state index in [1.807, 2.05) is 6.07 Å². The van der Waals surface area contributed by atoms with Crippen LogP contribution in [0, 0.1) is 0 Å². The van der Waals surface area contributed by atoms with Crippen LogP contribution in [0.2, 0.25) is 0 Å². The Hall–Kier alpha value is -7.10. The molecule has 3 nitrogen and oxygen atoms in total. The Morgan fingerprint density at radius 2 is 0.982 bits per heavy atom. The molecule has 0 saturated carbocycles. The van der Waals surface area contributed by atoms with E-state index >= 15 is 0 Å². The third-order valence-electron chi connectivity index (χ3n) is 11.3. The summed E-state index contributed by atoms with van der Waals surface area (Å²) in [5.41, 5.74) is 15.8. The maximum absolute atomic E-state index is 6.99. The summed E-state index contributed by atoms with van der Waals surface area (Å²) in [6.07, 6.45) is 2.31. The van der Waals surface area contributed by atoms with Gasteiger partial charge < -0.3 is 14.1 Å². The Balaban J connectivity index is 1.02. The molecule has 1 aliphatic heterocycles. The van der Waals surface area contributed by atoms with Crippen molar-refractivity contribution in [2.24, 2.45) is 0 Å². The standard InChI is InChI=1S/C52H35NO2/c1-3-12-34(13-4-1)36-22-26-38(27-23-36)53(39-28-24-37(25-29-39)35-14-5-2-6-15-35)40-30-31-42-47-33-46(41-16-7-8-17-44(41)52(47)55-50(42)32-40)43-19-11-21-49-51(43)45-18-9-10-20-48(45)54-49/h1-33,47,52H. The average molecular weight is 706 g/mol. The SMILES string of the molecule is C1=C(c2cccc3oc4ccccc4c23)c2ccccc2C2Oc3cc(N(c4ccc(-c5ccccc5)cc4)c4ccc(-c5ccccc5)cc4)ccc3C12. The molecule has 2 unspecified atom stereocenters. The molecule has 0 saturated heterocycles. The smallest absolute Gasteiger partial charge is 0.136 e. The molecule has 3 heteroatoms. The molecule has 260 valence electrons. The fourth-order valence-corrected chi connectivity index (χ4v) is 8.65. The van der Waals surface area contributed by atoms with Crippen LogP contribution >= 0.6 is 0 Å². The Kier molecular flexibility index (Phi) is 7.31. The van der Waals surface area contributed by atoms with E-state index in [1.54, 1.807) is 0 Å². The van der Waals surface area contributed by atoms with Crippen LogP contribution in [0.4, 0.5) is 17.1 Å². The number of nitrogens with zero attached hydrogens (tertiary/aromatic N) is 1. The van der Waals surface area contributed by atoms with Crippen molar-refractivity contribution >= 4 is 44.6 Å². The molecule has 0 amide bonds.